The zero-order chi connectivity index (χ0) is 18.1. The number of aromatic nitrogens is 2. The number of rotatable bonds is 10. The van der Waals surface area contributed by atoms with Gasteiger partial charge in [-0.1, -0.05) is 19.9 Å². The van der Waals surface area contributed by atoms with Gasteiger partial charge < -0.3 is 15.5 Å². The molecule has 0 bridgehead atoms. The Labute approximate surface area is 147 Å². The lowest BCUT2D eigenvalue weighted by atomic mass is 10.1. The Morgan fingerprint density at radius 2 is 2.12 bits per heavy atom. The fourth-order valence-corrected chi connectivity index (χ4v) is 2.64. The Balaban J connectivity index is 1.95. The molecule has 2 aromatic rings. The molecule has 0 spiro atoms. The van der Waals surface area contributed by atoms with Crippen molar-refractivity contribution >= 4 is 11.6 Å². The summed E-state index contributed by atoms with van der Waals surface area (Å²) in [7, 11) is 0. The van der Waals surface area contributed by atoms with Gasteiger partial charge in [-0.25, -0.2) is 4.39 Å². The molecule has 1 aromatic heterocycles. The highest BCUT2D eigenvalue weighted by atomic mass is 19.1. The van der Waals surface area contributed by atoms with Crippen molar-refractivity contribution in [3.05, 3.63) is 47.5 Å². The number of carbonyl (C=O) groups is 1. The number of hydrogen-bond acceptors (Lipinski definition) is 4. The van der Waals surface area contributed by atoms with Gasteiger partial charge in [0.15, 0.2) is 0 Å². The van der Waals surface area contributed by atoms with E-state index in [1.807, 2.05) is 6.07 Å². The number of halogens is 1. The van der Waals surface area contributed by atoms with Gasteiger partial charge in [0.2, 0.25) is 0 Å². The lowest BCUT2D eigenvalue weighted by molar-refractivity contribution is 0.0945. The van der Waals surface area contributed by atoms with E-state index in [1.54, 1.807) is 12.1 Å². The minimum Gasteiger partial charge on any atom is -0.383 e. The van der Waals surface area contributed by atoms with Crippen LogP contribution in [0.2, 0.25) is 0 Å². The van der Waals surface area contributed by atoms with E-state index in [9.17, 15) is 9.18 Å². The third-order valence-corrected chi connectivity index (χ3v) is 4.02. The Morgan fingerprint density at radius 1 is 1.28 bits per heavy atom. The average Bonchev–Trinajstić information content (AvgIpc) is 3.15. The van der Waals surface area contributed by atoms with E-state index >= 15 is 0 Å². The first-order valence-corrected chi connectivity index (χ1v) is 8.66. The SMILES string of the molecule is CCCN(CC)CCNc1cccc(F)c1CNC(=O)c1ccn[nH]1. The number of H-pyrrole nitrogens is 1. The van der Waals surface area contributed by atoms with Crippen LogP contribution >= 0.6 is 0 Å². The lowest BCUT2D eigenvalue weighted by Gasteiger charge is -2.21. The molecule has 0 unspecified atom stereocenters. The average molecular weight is 347 g/mol. The van der Waals surface area contributed by atoms with Crippen LogP contribution in [0.4, 0.5) is 10.1 Å². The molecule has 0 fully saturated rings. The van der Waals surface area contributed by atoms with Crippen molar-refractivity contribution in [1.29, 1.82) is 0 Å². The van der Waals surface area contributed by atoms with Crippen LogP contribution in [0.5, 0.6) is 0 Å². The van der Waals surface area contributed by atoms with Crippen LogP contribution in [-0.4, -0.2) is 47.2 Å². The van der Waals surface area contributed by atoms with E-state index in [0.717, 1.165) is 32.6 Å². The number of likely N-dealkylation sites (N-methyl/N-ethyl adjacent to an activating group) is 1. The van der Waals surface area contributed by atoms with Gasteiger partial charge in [-0.2, -0.15) is 5.10 Å². The lowest BCUT2D eigenvalue weighted by Crippen LogP contribution is -2.30. The van der Waals surface area contributed by atoms with Gasteiger partial charge in [0.1, 0.15) is 11.5 Å². The zero-order valence-corrected chi connectivity index (χ0v) is 14.8. The van der Waals surface area contributed by atoms with E-state index in [0.29, 0.717) is 16.9 Å². The standard InChI is InChI=1S/C18H26FN5O/c1-3-11-24(4-2)12-10-20-16-7-5-6-15(19)14(16)13-21-18(25)17-8-9-22-23-17/h5-9,20H,3-4,10-13H2,1-2H3,(H,21,25)(H,22,23). The largest absolute Gasteiger partial charge is 0.383 e. The first-order valence-electron chi connectivity index (χ1n) is 8.66. The summed E-state index contributed by atoms with van der Waals surface area (Å²) < 4.78 is 14.2. The highest BCUT2D eigenvalue weighted by molar-refractivity contribution is 5.92. The predicted octanol–water partition coefficient (Wildman–Crippen LogP) is 2.62. The molecular formula is C18H26FN5O. The molecule has 3 N–H and O–H groups in total. The fourth-order valence-electron chi connectivity index (χ4n) is 2.64. The van der Waals surface area contributed by atoms with Crippen molar-refractivity contribution < 1.29 is 9.18 Å². The number of benzene rings is 1. The molecule has 0 atom stereocenters. The van der Waals surface area contributed by atoms with Gasteiger partial charge in [0.25, 0.3) is 5.91 Å². The maximum atomic E-state index is 14.2. The summed E-state index contributed by atoms with van der Waals surface area (Å²) in [5.74, 6) is -0.650. The number of anilines is 1. The molecule has 0 radical (unpaired) electrons. The quantitative estimate of drug-likeness (QED) is 0.618. The van der Waals surface area contributed by atoms with Crippen molar-refractivity contribution in [3.63, 3.8) is 0 Å². The summed E-state index contributed by atoms with van der Waals surface area (Å²) >= 11 is 0. The number of aromatic amines is 1. The second-order valence-corrected chi connectivity index (χ2v) is 5.78. The minimum atomic E-state index is -0.337. The molecule has 2 rings (SSSR count). The maximum Gasteiger partial charge on any atom is 0.269 e. The predicted molar refractivity (Wildman–Crippen MR) is 97.1 cm³/mol. The molecule has 1 aromatic carbocycles. The summed E-state index contributed by atoms with van der Waals surface area (Å²) in [5.41, 5.74) is 1.51. The Bertz CT molecular complexity index is 659. The van der Waals surface area contributed by atoms with E-state index in [1.165, 1.54) is 12.3 Å². The van der Waals surface area contributed by atoms with Crippen molar-refractivity contribution in [1.82, 2.24) is 20.4 Å². The van der Waals surface area contributed by atoms with Gasteiger partial charge >= 0.3 is 0 Å². The van der Waals surface area contributed by atoms with Crippen LogP contribution in [0.1, 0.15) is 36.3 Å². The number of nitrogens with one attached hydrogen (secondary N) is 3. The number of nitrogens with zero attached hydrogens (tertiary/aromatic N) is 2. The van der Waals surface area contributed by atoms with Crippen LogP contribution in [0.15, 0.2) is 30.5 Å². The van der Waals surface area contributed by atoms with Crippen LogP contribution in [0, 0.1) is 5.82 Å². The molecule has 0 aliphatic carbocycles. The van der Waals surface area contributed by atoms with Gasteiger partial charge in [0, 0.05) is 37.1 Å². The fraction of sp³-hybridized carbons (Fsp3) is 0.444. The highest BCUT2D eigenvalue weighted by Gasteiger charge is 2.12. The van der Waals surface area contributed by atoms with E-state index in [-0.39, 0.29) is 18.3 Å². The molecule has 1 amide bonds. The summed E-state index contributed by atoms with van der Waals surface area (Å²) in [5, 5.41) is 12.3. The summed E-state index contributed by atoms with van der Waals surface area (Å²) in [6.07, 6.45) is 2.61. The van der Waals surface area contributed by atoms with Crippen LogP contribution < -0.4 is 10.6 Å². The topological polar surface area (TPSA) is 73.0 Å². The molecule has 25 heavy (non-hydrogen) atoms. The molecule has 0 saturated carbocycles. The Morgan fingerprint density at radius 3 is 2.80 bits per heavy atom. The summed E-state index contributed by atoms with van der Waals surface area (Å²) in [6, 6.07) is 6.47. The first-order chi connectivity index (χ1) is 12.2. The molecular weight excluding hydrogens is 321 g/mol. The van der Waals surface area contributed by atoms with Gasteiger partial charge in [-0.15, -0.1) is 0 Å². The van der Waals surface area contributed by atoms with Gasteiger partial charge in [0.05, 0.1) is 0 Å². The van der Waals surface area contributed by atoms with Crippen LogP contribution in [0.25, 0.3) is 0 Å². The minimum absolute atomic E-state index is 0.110. The smallest absolute Gasteiger partial charge is 0.269 e. The van der Waals surface area contributed by atoms with E-state index in [2.05, 4.69) is 39.6 Å². The van der Waals surface area contributed by atoms with Crippen molar-refractivity contribution in [2.24, 2.45) is 0 Å². The van der Waals surface area contributed by atoms with Gasteiger partial charge in [-0.05, 0) is 37.7 Å². The highest BCUT2D eigenvalue weighted by Crippen LogP contribution is 2.19. The molecule has 7 heteroatoms. The monoisotopic (exact) mass is 347 g/mol. The molecule has 0 aliphatic heterocycles. The van der Waals surface area contributed by atoms with E-state index in [4.69, 9.17) is 0 Å². The Hall–Kier alpha value is -2.41. The van der Waals surface area contributed by atoms with Crippen molar-refractivity contribution in [2.75, 3.05) is 31.5 Å². The second-order valence-electron chi connectivity index (χ2n) is 5.78. The zero-order valence-electron chi connectivity index (χ0n) is 14.8. The molecule has 6 nitrogen and oxygen atoms in total. The molecule has 136 valence electrons. The molecule has 0 saturated heterocycles. The number of hydrogen-bond donors (Lipinski definition) is 3. The molecule has 1 heterocycles. The van der Waals surface area contributed by atoms with Crippen molar-refractivity contribution in [3.8, 4) is 0 Å². The first kappa shape index (κ1) is 18.9. The normalized spacial score (nSPS) is 10.9. The third-order valence-electron chi connectivity index (χ3n) is 4.02. The number of carbonyl (C=O) groups excluding carboxylic acids is 1. The third kappa shape index (κ3) is 5.56. The van der Waals surface area contributed by atoms with Crippen LogP contribution in [0.3, 0.4) is 0 Å². The second kappa shape index (κ2) is 9.78. The van der Waals surface area contributed by atoms with Crippen LogP contribution in [-0.2, 0) is 6.54 Å². The van der Waals surface area contributed by atoms with Gasteiger partial charge in [-0.3, -0.25) is 9.89 Å². The number of amides is 1. The summed E-state index contributed by atoms with van der Waals surface area (Å²) in [6.45, 7) is 8.05. The Kier molecular flexibility index (Phi) is 7.40. The maximum absolute atomic E-state index is 14.2. The van der Waals surface area contributed by atoms with Crippen molar-refractivity contribution in [2.45, 2.75) is 26.8 Å². The summed E-state index contributed by atoms with van der Waals surface area (Å²) in [4.78, 5) is 14.3. The molecule has 0 aliphatic rings. The van der Waals surface area contributed by atoms with E-state index < -0.39 is 0 Å².